The molecule has 29 heavy (non-hydrogen) atoms. The number of carbonyl (C=O) groups excluding carboxylic acids is 3. The van der Waals surface area contributed by atoms with E-state index in [1.165, 1.54) is 45.6 Å². The first-order valence-electron chi connectivity index (χ1n) is 8.51. The van der Waals surface area contributed by atoms with Crippen molar-refractivity contribution in [2.45, 2.75) is 0 Å². The van der Waals surface area contributed by atoms with Gasteiger partial charge in [-0.2, -0.15) is 0 Å². The van der Waals surface area contributed by atoms with E-state index < -0.39 is 24.5 Å². The maximum Gasteiger partial charge on any atom is 0.337 e. The van der Waals surface area contributed by atoms with Gasteiger partial charge in [0.25, 0.3) is 5.91 Å². The molecule has 0 saturated carbocycles. The topological polar surface area (TPSA) is 100 Å². The van der Waals surface area contributed by atoms with Crippen molar-refractivity contribution in [3.63, 3.8) is 0 Å². The number of methoxy groups -OCH3 is 3. The van der Waals surface area contributed by atoms with E-state index in [1.807, 2.05) is 0 Å². The third-order valence-corrected chi connectivity index (χ3v) is 3.72. The number of rotatable bonds is 8. The van der Waals surface area contributed by atoms with Crippen molar-refractivity contribution in [2.24, 2.45) is 0 Å². The van der Waals surface area contributed by atoms with E-state index in [-0.39, 0.29) is 0 Å². The average molecular weight is 399 g/mol. The Bertz CT molecular complexity index is 881. The van der Waals surface area contributed by atoms with E-state index in [0.717, 1.165) is 0 Å². The molecule has 2 aromatic rings. The average Bonchev–Trinajstić information content (AvgIpc) is 2.75. The van der Waals surface area contributed by atoms with Crippen LogP contribution in [0.25, 0.3) is 6.08 Å². The highest BCUT2D eigenvalue weighted by Gasteiger charge is 2.08. The molecule has 2 aromatic carbocycles. The molecular weight excluding hydrogens is 378 g/mol. The standard InChI is InChI=1S/C21H21NO7/c1-26-17-10-14(11-18(12-17)27-2)4-9-20(24)29-13-19(23)22-16-7-5-15(6-8-16)21(25)28-3/h4-12H,13H2,1-3H3,(H,22,23)/b9-4+. The van der Waals surface area contributed by atoms with Crippen LogP contribution in [0, 0.1) is 0 Å². The number of carbonyl (C=O) groups is 3. The van der Waals surface area contributed by atoms with Gasteiger partial charge in [0.05, 0.1) is 26.9 Å². The molecule has 0 bridgehead atoms. The molecule has 0 aliphatic rings. The van der Waals surface area contributed by atoms with Gasteiger partial charge in [-0.15, -0.1) is 0 Å². The Labute approximate surface area is 168 Å². The Balaban J connectivity index is 1.86. The summed E-state index contributed by atoms with van der Waals surface area (Å²) in [5, 5.41) is 2.56. The summed E-state index contributed by atoms with van der Waals surface area (Å²) in [6.45, 7) is -0.455. The maximum absolute atomic E-state index is 11.9. The van der Waals surface area contributed by atoms with Crippen molar-refractivity contribution in [1.82, 2.24) is 0 Å². The van der Waals surface area contributed by atoms with Gasteiger partial charge in [0.15, 0.2) is 6.61 Å². The van der Waals surface area contributed by atoms with Crippen LogP contribution in [-0.2, 0) is 19.1 Å². The van der Waals surface area contributed by atoms with Gasteiger partial charge >= 0.3 is 11.9 Å². The molecule has 0 aromatic heterocycles. The van der Waals surface area contributed by atoms with E-state index in [4.69, 9.17) is 14.2 Å². The van der Waals surface area contributed by atoms with Gasteiger partial charge in [-0.05, 0) is 48.0 Å². The molecule has 0 atom stereocenters. The molecule has 0 unspecified atom stereocenters. The molecule has 152 valence electrons. The Morgan fingerprint density at radius 1 is 0.931 bits per heavy atom. The molecule has 0 fully saturated rings. The predicted molar refractivity (Wildman–Crippen MR) is 106 cm³/mol. The van der Waals surface area contributed by atoms with E-state index >= 15 is 0 Å². The number of ether oxygens (including phenoxy) is 4. The summed E-state index contributed by atoms with van der Waals surface area (Å²) in [7, 11) is 4.34. The number of nitrogens with one attached hydrogen (secondary N) is 1. The predicted octanol–water partition coefficient (Wildman–Crippen LogP) is 2.69. The fourth-order valence-corrected chi connectivity index (χ4v) is 2.28. The summed E-state index contributed by atoms with van der Waals surface area (Å²) < 4.78 is 19.8. The van der Waals surface area contributed by atoms with Crippen LogP contribution in [0.4, 0.5) is 5.69 Å². The highest BCUT2D eigenvalue weighted by atomic mass is 16.5. The zero-order valence-electron chi connectivity index (χ0n) is 16.3. The SMILES string of the molecule is COC(=O)c1ccc(NC(=O)COC(=O)/C=C/c2cc(OC)cc(OC)c2)cc1. The molecule has 0 radical (unpaired) electrons. The van der Waals surface area contributed by atoms with Crippen LogP contribution in [0.15, 0.2) is 48.5 Å². The van der Waals surface area contributed by atoms with E-state index in [9.17, 15) is 14.4 Å². The Morgan fingerprint density at radius 3 is 2.10 bits per heavy atom. The van der Waals surface area contributed by atoms with Crippen molar-refractivity contribution in [3.05, 3.63) is 59.7 Å². The lowest BCUT2D eigenvalue weighted by atomic mass is 10.2. The lowest BCUT2D eigenvalue weighted by Gasteiger charge is -2.07. The molecule has 0 heterocycles. The smallest absolute Gasteiger partial charge is 0.337 e. The largest absolute Gasteiger partial charge is 0.497 e. The molecule has 0 aliphatic heterocycles. The quantitative estimate of drug-likeness (QED) is 0.538. The summed E-state index contributed by atoms with van der Waals surface area (Å²) in [6, 6.07) is 11.3. The van der Waals surface area contributed by atoms with Crippen LogP contribution < -0.4 is 14.8 Å². The number of anilines is 1. The molecule has 2 rings (SSSR count). The van der Waals surface area contributed by atoms with Crippen molar-refractivity contribution in [1.29, 1.82) is 0 Å². The lowest BCUT2D eigenvalue weighted by Crippen LogP contribution is -2.20. The highest BCUT2D eigenvalue weighted by molar-refractivity contribution is 5.95. The fourth-order valence-electron chi connectivity index (χ4n) is 2.28. The molecule has 1 N–H and O–H groups in total. The van der Waals surface area contributed by atoms with Crippen LogP contribution in [0.2, 0.25) is 0 Å². The van der Waals surface area contributed by atoms with Crippen LogP contribution in [0.5, 0.6) is 11.5 Å². The van der Waals surface area contributed by atoms with Crippen molar-refractivity contribution in [3.8, 4) is 11.5 Å². The molecule has 0 aliphatic carbocycles. The Morgan fingerprint density at radius 2 is 1.55 bits per heavy atom. The normalized spacial score (nSPS) is 10.3. The van der Waals surface area contributed by atoms with E-state index in [0.29, 0.717) is 28.3 Å². The third kappa shape index (κ3) is 6.69. The summed E-state index contributed by atoms with van der Waals surface area (Å²) in [4.78, 5) is 35.1. The second-order valence-corrected chi connectivity index (χ2v) is 5.70. The molecule has 0 saturated heterocycles. The summed E-state index contributed by atoms with van der Waals surface area (Å²) >= 11 is 0. The van der Waals surface area contributed by atoms with Crippen LogP contribution >= 0.6 is 0 Å². The highest BCUT2D eigenvalue weighted by Crippen LogP contribution is 2.23. The second-order valence-electron chi connectivity index (χ2n) is 5.70. The number of hydrogen-bond acceptors (Lipinski definition) is 7. The molecule has 0 spiro atoms. The minimum absolute atomic E-state index is 0.358. The number of benzene rings is 2. The molecule has 8 heteroatoms. The molecular formula is C21H21NO7. The Hall–Kier alpha value is -3.81. The van der Waals surface area contributed by atoms with Crippen molar-refractivity contribution in [2.75, 3.05) is 33.3 Å². The van der Waals surface area contributed by atoms with Crippen molar-refractivity contribution >= 4 is 29.6 Å². The van der Waals surface area contributed by atoms with Gasteiger partial charge in [0.1, 0.15) is 11.5 Å². The first kappa shape index (κ1) is 21.5. The summed E-state index contributed by atoms with van der Waals surface area (Å²) in [5.41, 5.74) is 1.49. The second kappa shape index (κ2) is 10.5. The molecule has 1 amide bonds. The first-order chi connectivity index (χ1) is 13.9. The summed E-state index contributed by atoms with van der Waals surface area (Å²) in [5.74, 6) is -0.509. The van der Waals surface area contributed by atoms with Gasteiger partial charge in [-0.25, -0.2) is 9.59 Å². The summed E-state index contributed by atoms with van der Waals surface area (Å²) in [6.07, 6.45) is 2.73. The zero-order valence-corrected chi connectivity index (χ0v) is 16.3. The maximum atomic E-state index is 11.9. The minimum atomic E-state index is -0.678. The van der Waals surface area contributed by atoms with Gasteiger partial charge < -0.3 is 24.3 Å². The third-order valence-electron chi connectivity index (χ3n) is 3.72. The van der Waals surface area contributed by atoms with Crippen LogP contribution in [-0.4, -0.2) is 45.8 Å². The zero-order chi connectivity index (χ0) is 21.2. The number of hydrogen-bond donors (Lipinski definition) is 1. The van der Waals surface area contributed by atoms with Crippen LogP contribution in [0.3, 0.4) is 0 Å². The fraction of sp³-hybridized carbons (Fsp3) is 0.190. The van der Waals surface area contributed by atoms with E-state index in [2.05, 4.69) is 10.1 Å². The minimum Gasteiger partial charge on any atom is -0.497 e. The van der Waals surface area contributed by atoms with Crippen molar-refractivity contribution < 1.29 is 33.3 Å². The van der Waals surface area contributed by atoms with Gasteiger partial charge in [0.2, 0.25) is 0 Å². The van der Waals surface area contributed by atoms with Gasteiger partial charge in [-0.3, -0.25) is 4.79 Å². The monoisotopic (exact) mass is 399 g/mol. The molecule has 8 nitrogen and oxygen atoms in total. The number of esters is 2. The first-order valence-corrected chi connectivity index (χ1v) is 8.51. The number of amides is 1. The van der Waals surface area contributed by atoms with Gasteiger partial charge in [-0.1, -0.05) is 0 Å². The van der Waals surface area contributed by atoms with Gasteiger partial charge in [0, 0.05) is 17.8 Å². The lowest BCUT2D eigenvalue weighted by molar-refractivity contribution is -0.142. The van der Waals surface area contributed by atoms with Crippen LogP contribution in [0.1, 0.15) is 15.9 Å². The van der Waals surface area contributed by atoms with E-state index in [1.54, 1.807) is 30.3 Å². The Kier molecular flexibility index (Phi) is 7.78.